The molecule has 1 aliphatic carbocycles. The van der Waals surface area contributed by atoms with Gasteiger partial charge in [-0.2, -0.15) is 8.42 Å². The van der Waals surface area contributed by atoms with Gasteiger partial charge in [0.15, 0.2) is 4.90 Å². The minimum Gasteiger partial charge on any atom is -0.456 e. The number of hydrogen-bond acceptors (Lipinski definition) is 15. The minimum atomic E-state index is -4.57. The van der Waals surface area contributed by atoms with Crippen molar-refractivity contribution in [3.63, 3.8) is 0 Å². The number of piperidine rings is 1. The van der Waals surface area contributed by atoms with E-state index in [1.165, 1.54) is 31.3 Å². The summed E-state index contributed by atoms with van der Waals surface area (Å²) in [6.07, 6.45) is 3.81. The maximum absolute atomic E-state index is 14.6. The van der Waals surface area contributed by atoms with Gasteiger partial charge in [-0.3, -0.25) is 28.7 Å². The number of ether oxygens (including phenoxy) is 5. The Morgan fingerprint density at radius 3 is 2.30 bits per heavy atom. The predicted octanol–water partition coefficient (Wildman–Crippen LogP) is 7.60. The van der Waals surface area contributed by atoms with Gasteiger partial charge in [-0.25, -0.2) is 4.79 Å². The van der Waals surface area contributed by atoms with Crippen LogP contribution in [0.15, 0.2) is 52.5 Å². The second-order valence-corrected chi connectivity index (χ2v) is 21.8. The first-order valence-electron chi connectivity index (χ1n) is 24.8. The molecule has 386 valence electrons. The van der Waals surface area contributed by atoms with Gasteiger partial charge in [0.1, 0.15) is 30.1 Å². The number of hydrogen-bond donors (Lipinski definition) is 1. The Bertz CT molecular complexity index is 2160. The SMILES string of the molecule is CCC1C=C(C)CC(C)CC(OC)C2OC(O)(C(=O)C(=O)N3CCCCC3C(=O)OC(C(C)=CC3CCC(OS(=O)(=O)c4ccccc4[N+](=O)[O-])C(OC(C)C)C3)C(C)CCC1=O)C(C)CC2OC. The lowest BCUT2D eigenvalue weighted by Gasteiger charge is -2.47. The monoisotopic (exact) mass is 988 g/mol. The molecule has 18 heteroatoms. The maximum atomic E-state index is 14.6. The highest BCUT2D eigenvalue weighted by Crippen LogP contribution is 2.40. The Morgan fingerprint density at radius 1 is 0.971 bits per heavy atom. The number of rotatable bonds is 11. The van der Waals surface area contributed by atoms with Gasteiger partial charge < -0.3 is 33.7 Å². The Hall–Kier alpha value is -3.91. The van der Waals surface area contributed by atoms with E-state index in [2.05, 4.69) is 6.92 Å². The van der Waals surface area contributed by atoms with E-state index in [1.807, 2.05) is 53.7 Å². The van der Waals surface area contributed by atoms with Crippen molar-refractivity contribution in [1.29, 1.82) is 0 Å². The van der Waals surface area contributed by atoms with Crippen LogP contribution in [-0.4, -0.2) is 122 Å². The molecule has 1 N–H and O–H groups in total. The first kappa shape index (κ1) is 56.0. The average molecular weight is 989 g/mol. The molecule has 1 aromatic carbocycles. The normalized spacial score (nSPS) is 34.3. The molecule has 0 spiro atoms. The Labute approximate surface area is 408 Å². The van der Waals surface area contributed by atoms with E-state index < -0.39 is 97.7 Å². The van der Waals surface area contributed by atoms with E-state index in [0.29, 0.717) is 56.9 Å². The number of nitrogens with zero attached hydrogens (tertiary/aromatic N) is 2. The van der Waals surface area contributed by atoms with Crippen LogP contribution >= 0.6 is 0 Å². The number of allylic oxidation sites excluding steroid dienone is 3. The molecule has 13 unspecified atom stereocenters. The highest BCUT2D eigenvalue weighted by atomic mass is 32.2. The van der Waals surface area contributed by atoms with Gasteiger partial charge in [0.25, 0.3) is 17.4 Å². The van der Waals surface area contributed by atoms with Gasteiger partial charge in [-0.05, 0) is 128 Å². The highest BCUT2D eigenvalue weighted by molar-refractivity contribution is 7.87. The summed E-state index contributed by atoms with van der Waals surface area (Å²) in [5.41, 5.74) is 1.10. The Kier molecular flexibility index (Phi) is 19.9. The number of aliphatic hydroxyl groups is 1. The molecule has 3 fully saturated rings. The highest BCUT2D eigenvalue weighted by Gasteiger charge is 2.56. The lowest BCUT2D eigenvalue weighted by molar-refractivity contribution is -0.387. The second-order valence-electron chi connectivity index (χ2n) is 20.2. The van der Waals surface area contributed by atoms with E-state index >= 15 is 0 Å². The molecule has 3 heterocycles. The van der Waals surface area contributed by atoms with E-state index in [1.54, 1.807) is 6.92 Å². The zero-order valence-corrected chi connectivity index (χ0v) is 42.9. The van der Waals surface area contributed by atoms with Crippen molar-refractivity contribution >= 4 is 39.2 Å². The molecule has 17 nitrogen and oxygen atoms in total. The molecule has 1 aromatic rings. The number of Topliss-reactive ketones (excluding diaryl/α,β-unsaturated/α-hetero) is 2. The van der Waals surface area contributed by atoms with Gasteiger partial charge in [0.2, 0.25) is 5.79 Å². The summed E-state index contributed by atoms with van der Waals surface area (Å²) in [5.74, 6) is -7.19. The number of amides is 1. The quantitative estimate of drug-likeness (QED) is 0.0563. The van der Waals surface area contributed by atoms with Crippen LogP contribution in [-0.2, 0) is 57.2 Å². The fourth-order valence-corrected chi connectivity index (χ4v) is 12.1. The van der Waals surface area contributed by atoms with Crippen molar-refractivity contribution in [1.82, 2.24) is 4.90 Å². The molecule has 13 atom stereocenters. The molecule has 3 aliphatic heterocycles. The van der Waals surface area contributed by atoms with Crippen molar-refractivity contribution in [2.75, 3.05) is 20.8 Å². The Morgan fingerprint density at radius 2 is 1.65 bits per heavy atom. The number of fused-ring (bicyclic) bond motifs is 3. The molecule has 69 heavy (non-hydrogen) atoms. The lowest BCUT2D eigenvalue weighted by Crippen LogP contribution is -2.64. The molecular weight excluding hydrogens is 913 g/mol. The van der Waals surface area contributed by atoms with Crippen LogP contribution in [0.4, 0.5) is 5.69 Å². The van der Waals surface area contributed by atoms with Gasteiger partial charge >= 0.3 is 16.1 Å². The van der Waals surface area contributed by atoms with Gasteiger partial charge in [0.05, 0.1) is 29.3 Å². The van der Waals surface area contributed by atoms with Crippen LogP contribution < -0.4 is 0 Å². The third kappa shape index (κ3) is 13.7. The largest absolute Gasteiger partial charge is 0.456 e. The lowest BCUT2D eigenvalue weighted by atomic mass is 9.82. The molecule has 5 rings (SSSR count). The van der Waals surface area contributed by atoms with Gasteiger partial charge in [0, 0.05) is 45.1 Å². The number of carbonyl (C=O) groups excluding carboxylic acids is 4. The third-order valence-corrected chi connectivity index (χ3v) is 15.8. The van der Waals surface area contributed by atoms with Crippen LogP contribution in [0.1, 0.15) is 132 Å². The molecule has 0 radical (unpaired) electrons. The number of para-hydroxylation sites is 1. The maximum Gasteiger partial charge on any atom is 0.329 e. The van der Waals surface area contributed by atoms with Crippen molar-refractivity contribution < 1.29 is 65.5 Å². The molecule has 1 amide bonds. The van der Waals surface area contributed by atoms with Crippen molar-refractivity contribution in [2.45, 2.75) is 192 Å². The number of ketones is 2. The number of nitro groups is 1. The van der Waals surface area contributed by atoms with Crippen molar-refractivity contribution in [3.05, 3.63) is 57.7 Å². The minimum absolute atomic E-state index is 0.0349. The summed E-state index contributed by atoms with van der Waals surface area (Å²) in [6, 6.07) is 3.86. The number of carbonyl (C=O) groups is 4. The first-order chi connectivity index (χ1) is 32.5. The summed E-state index contributed by atoms with van der Waals surface area (Å²) < 4.78 is 63.4. The number of benzene rings is 1. The standard InChI is InChI=1S/C51H76N2O15S/c1-11-37-25-31(4)24-32(5)26-43(63-9)47-44(64-10)28-35(8)51(58,67-47)48(55)49(56)52-23-15-14-17-39(52)50(57)66-46(33(6)19-21-40(37)54)34(7)27-36-20-22-41(42(29-36)65-30(2)3)68-69(61,62)45-18-13-12-16-38(45)53(59)60/h12-13,16,18,25,27,30,32-33,35-37,39,41-44,46-47,58H,11,14-15,17,19-24,26,28-29H2,1-10H3. The molecule has 1 saturated carbocycles. The zero-order valence-electron chi connectivity index (χ0n) is 42.1. The van der Waals surface area contributed by atoms with E-state index in [-0.39, 0.29) is 67.8 Å². The van der Waals surface area contributed by atoms with E-state index in [4.69, 9.17) is 27.9 Å². The fraction of sp³-hybridized carbons (Fsp3) is 0.725. The van der Waals surface area contributed by atoms with Crippen LogP contribution in [0.5, 0.6) is 0 Å². The Balaban J connectivity index is 1.48. The summed E-state index contributed by atoms with van der Waals surface area (Å²) in [6.45, 7) is 15.1. The number of nitro benzene ring substituents is 1. The van der Waals surface area contributed by atoms with Gasteiger partial charge in [-0.1, -0.05) is 57.6 Å². The number of methoxy groups -OCH3 is 2. The smallest absolute Gasteiger partial charge is 0.329 e. The summed E-state index contributed by atoms with van der Waals surface area (Å²) in [5, 5.41) is 23.9. The first-order valence-corrected chi connectivity index (χ1v) is 26.2. The molecule has 4 aliphatic rings. The third-order valence-electron chi connectivity index (χ3n) is 14.5. The van der Waals surface area contributed by atoms with Crippen LogP contribution in [0.25, 0.3) is 0 Å². The van der Waals surface area contributed by atoms with Crippen LogP contribution in [0.2, 0.25) is 0 Å². The average Bonchev–Trinajstić information content (AvgIpc) is 3.31. The van der Waals surface area contributed by atoms with Crippen molar-refractivity contribution in [3.8, 4) is 0 Å². The zero-order chi connectivity index (χ0) is 51.0. The summed E-state index contributed by atoms with van der Waals surface area (Å²) in [7, 11) is -1.52. The molecular formula is C51H76N2O15S. The summed E-state index contributed by atoms with van der Waals surface area (Å²) in [4.78, 5) is 68.9. The van der Waals surface area contributed by atoms with Crippen LogP contribution in [0.3, 0.4) is 0 Å². The topological polar surface area (TPSA) is 224 Å². The van der Waals surface area contributed by atoms with Gasteiger partial charge in [-0.15, -0.1) is 0 Å². The summed E-state index contributed by atoms with van der Waals surface area (Å²) >= 11 is 0. The number of cyclic esters (lactones) is 1. The van der Waals surface area contributed by atoms with Crippen LogP contribution in [0, 0.1) is 39.7 Å². The molecule has 2 bridgehead atoms. The van der Waals surface area contributed by atoms with E-state index in [0.717, 1.165) is 17.7 Å². The predicted molar refractivity (Wildman–Crippen MR) is 255 cm³/mol. The number of esters is 1. The molecule has 0 aromatic heterocycles. The van der Waals surface area contributed by atoms with E-state index in [9.17, 15) is 42.8 Å². The second kappa shape index (κ2) is 24.5. The molecule has 2 saturated heterocycles. The van der Waals surface area contributed by atoms with Crippen molar-refractivity contribution in [2.24, 2.45) is 29.6 Å². The fourth-order valence-electron chi connectivity index (χ4n) is 10.8.